The first kappa shape index (κ1) is 15.0. The summed E-state index contributed by atoms with van der Waals surface area (Å²) in [6, 6.07) is 8.93. The molecule has 7 heteroatoms. The molecule has 2 aliphatic heterocycles. The van der Waals surface area contributed by atoms with Gasteiger partial charge >= 0.3 is 0 Å². The average molecular weight is 345 g/mol. The molecule has 23 heavy (non-hydrogen) atoms. The van der Waals surface area contributed by atoms with Crippen LogP contribution in [0.1, 0.15) is 30.6 Å². The number of fused-ring (bicyclic) bond motifs is 3. The lowest BCUT2D eigenvalue weighted by Crippen LogP contribution is -2.30. The number of benzene rings is 1. The lowest BCUT2D eigenvalue weighted by Gasteiger charge is -2.26. The number of nitrogens with zero attached hydrogens (tertiary/aromatic N) is 5. The molecule has 3 heterocycles. The second-order valence-corrected chi connectivity index (χ2v) is 7.44. The van der Waals surface area contributed by atoms with Crippen molar-refractivity contribution < 1.29 is 0 Å². The van der Waals surface area contributed by atoms with Crippen LogP contribution in [0.25, 0.3) is 0 Å². The smallest absolute Gasteiger partial charge is 0.216 e. The monoisotopic (exact) mass is 345 g/mol. The van der Waals surface area contributed by atoms with E-state index in [-0.39, 0.29) is 5.37 Å². The van der Waals surface area contributed by atoms with Crippen LogP contribution in [0.2, 0.25) is 0 Å². The van der Waals surface area contributed by atoms with E-state index >= 15 is 0 Å². The van der Waals surface area contributed by atoms with Crippen molar-refractivity contribution in [3.8, 4) is 0 Å². The third-order valence-electron chi connectivity index (χ3n) is 4.23. The average Bonchev–Trinajstić information content (AvgIpc) is 3.22. The number of aryl methyl sites for hydroxylation is 1. The molecule has 0 aliphatic carbocycles. The zero-order valence-electron chi connectivity index (χ0n) is 13.4. The molecule has 2 aromatic rings. The van der Waals surface area contributed by atoms with Crippen LogP contribution in [0.5, 0.6) is 0 Å². The maximum absolute atomic E-state index is 4.24. The van der Waals surface area contributed by atoms with Crippen molar-refractivity contribution in [3.05, 3.63) is 46.1 Å². The summed E-state index contributed by atoms with van der Waals surface area (Å²) >= 11 is 3.53. The summed E-state index contributed by atoms with van der Waals surface area (Å²) < 4.78 is 2.12. The van der Waals surface area contributed by atoms with E-state index in [1.54, 1.807) is 11.8 Å². The van der Waals surface area contributed by atoms with Gasteiger partial charge in [-0.05, 0) is 50.2 Å². The first-order chi connectivity index (χ1) is 11.2. The van der Waals surface area contributed by atoms with Crippen LogP contribution in [-0.2, 0) is 0 Å². The zero-order valence-corrected chi connectivity index (χ0v) is 15.1. The number of anilines is 1. The summed E-state index contributed by atoms with van der Waals surface area (Å²) in [5, 5.41) is 15.4. The van der Waals surface area contributed by atoms with Crippen molar-refractivity contribution >= 4 is 29.2 Å². The Hall–Kier alpha value is -1.60. The highest BCUT2D eigenvalue weighted by atomic mass is 32.2. The minimum atomic E-state index is 0.249. The van der Waals surface area contributed by atoms with Crippen LogP contribution in [0.15, 0.2) is 39.9 Å². The highest BCUT2D eigenvalue weighted by Crippen LogP contribution is 2.51. The van der Waals surface area contributed by atoms with Crippen LogP contribution in [0.3, 0.4) is 0 Å². The van der Waals surface area contributed by atoms with Gasteiger partial charge in [-0.3, -0.25) is 5.01 Å². The minimum absolute atomic E-state index is 0.249. The molecule has 0 radical (unpaired) electrons. The first-order valence-electron chi connectivity index (χ1n) is 7.82. The Bertz CT molecular complexity index is 748. The lowest BCUT2D eigenvalue weighted by molar-refractivity contribution is 0.618. The number of rotatable bonds is 4. The number of hydrogen-bond donors (Lipinski definition) is 0. The van der Waals surface area contributed by atoms with Gasteiger partial charge < -0.3 is 4.90 Å². The van der Waals surface area contributed by atoms with E-state index in [1.165, 1.54) is 16.3 Å². The standard InChI is InChI=1S/C16H19N5S2/c1-4-19(5-2)13-8-6-12(7-9-13)15-21-14(10-22-15)23-16-18-17-11(3)20(16)21/h6-10,15H,4-5H2,1-3H3. The van der Waals surface area contributed by atoms with Crippen LogP contribution >= 0.6 is 23.5 Å². The Morgan fingerprint density at radius 3 is 2.57 bits per heavy atom. The van der Waals surface area contributed by atoms with Gasteiger partial charge in [-0.1, -0.05) is 23.9 Å². The van der Waals surface area contributed by atoms with Gasteiger partial charge in [0.1, 0.15) is 10.4 Å². The molecule has 0 saturated carbocycles. The topological polar surface area (TPSA) is 37.2 Å². The molecule has 0 saturated heterocycles. The van der Waals surface area contributed by atoms with E-state index in [0.717, 1.165) is 24.1 Å². The van der Waals surface area contributed by atoms with Gasteiger partial charge in [0.2, 0.25) is 5.16 Å². The highest BCUT2D eigenvalue weighted by Gasteiger charge is 2.38. The Morgan fingerprint density at radius 2 is 1.87 bits per heavy atom. The fraction of sp³-hybridized carbons (Fsp3) is 0.375. The molecule has 4 rings (SSSR count). The third kappa shape index (κ3) is 2.33. The quantitative estimate of drug-likeness (QED) is 0.841. The van der Waals surface area contributed by atoms with E-state index in [1.807, 2.05) is 18.7 Å². The zero-order chi connectivity index (χ0) is 16.0. The minimum Gasteiger partial charge on any atom is -0.372 e. The molecule has 1 aromatic heterocycles. The van der Waals surface area contributed by atoms with Crippen molar-refractivity contribution in [2.75, 3.05) is 23.0 Å². The molecule has 0 N–H and O–H groups in total. The largest absolute Gasteiger partial charge is 0.372 e. The molecule has 5 nitrogen and oxygen atoms in total. The molecule has 120 valence electrons. The van der Waals surface area contributed by atoms with Crippen molar-refractivity contribution in [3.63, 3.8) is 0 Å². The summed E-state index contributed by atoms with van der Waals surface area (Å²) in [4.78, 5) is 2.36. The summed E-state index contributed by atoms with van der Waals surface area (Å²) in [5.74, 6) is 0.933. The van der Waals surface area contributed by atoms with Crippen molar-refractivity contribution in [2.24, 2.45) is 0 Å². The molecule has 1 atom stereocenters. The van der Waals surface area contributed by atoms with Crippen LogP contribution in [0.4, 0.5) is 5.69 Å². The Morgan fingerprint density at radius 1 is 1.13 bits per heavy atom. The van der Waals surface area contributed by atoms with Crippen molar-refractivity contribution in [1.82, 2.24) is 14.9 Å². The maximum atomic E-state index is 4.24. The van der Waals surface area contributed by atoms with Gasteiger partial charge in [0.25, 0.3) is 0 Å². The summed E-state index contributed by atoms with van der Waals surface area (Å²) in [6.45, 7) is 8.46. The summed E-state index contributed by atoms with van der Waals surface area (Å²) in [5.41, 5.74) is 2.59. The maximum Gasteiger partial charge on any atom is 0.216 e. The highest BCUT2D eigenvalue weighted by molar-refractivity contribution is 8.07. The predicted molar refractivity (Wildman–Crippen MR) is 97.3 cm³/mol. The van der Waals surface area contributed by atoms with E-state index in [2.05, 4.69) is 68.3 Å². The molecular formula is C16H19N5S2. The van der Waals surface area contributed by atoms with Gasteiger partial charge in [-0.25, -0.2) is 4.68 Å². The fourth-order valence-corrected chi connectivity index (χ4v) is 5.30. The third-order valence-corrected chi connectivity index (χ3v) is 6.42. The molecule has 2 aliphatic rings. The van der Waals surface area contributed by atoms with Crippen molar-refractivity contribution in [2.45, 2.75) is 31.3 Å². The van der Waals surface area contributed by atoms with Crippen LogP contribution < -0.4 is 9.91 Å². The molecular weight excluding hydrogens is 326 g/mol. The first-order valence-corrected chi connectivity index (χ1v) is 9.58. The van der Waals surface area contributed by atoms with Gasteiger partial charge in [0, 0.05) is 24.2 Å². The number of hydrogen-bond acceptors (Lipinski definition) is 6. The second kappa shape index (κ2) is 5.79. The Labute approximate surface area is 144 Å². The van der Waals surface area contributed by atoms with Gasteiger partial charge in [0.15, 0.2) is 5.82 Å². The van der Waals surface area contributed by atoms with Crippen LogP contribution in [-0.4, -0.2) is 28.0 Å². The normalized spacial score (nSPS) is 18.8. The SMILES string of the molecule is CCN(CC)c1ccc(C2SC=C3Sc4nnc(C)n4N32)cc1. The lowest BCUT2D eigenvalue weighted by atomic mass is 10.2. The fourth-order valence-electron chi connectivity index (χ4n) is 3.03. The van der Waals surface area contributed by atoms with Crippen molar-refractivity contribution in [1.29, 1.82) is 0 Å². The summed E-state index contributed by atoms with van der Waals surface area (Å²) in [6.07, 6.45) is 0. The van der Waals surface area contributed by atoms with E-state index in [9.17, 15) is 0 Å². The number of aromatic nitrogens is 3. The van der Waals surface area contributed by atoms with E-state index in [0.29, 0.717) is 0 Å². The molecule has 0 bridgehead atoms. The van der Waals surface area contributed by atoms with E-state index < -0.39 is 0 Å². The molecule has 1 unspecified atom stereocenters. The molecule has 0 amide bonds. The molecule has 1 aromatic carbocycles. The van der Waals surface area contributed by atoms with E-state index in [4.69, 9.17) is 0 Å². The second-order valence-electron chi connectivity index (χ2n) is 5.50. The molecule has 0 spiro atoms. The Kier molecular flexibility index (Phi) is 3.77. The predicted octanol–water partition coefficient (Wildman–Crippen LogP) is 3.72. The van der Waals surface area contributed by atoms with Crippen LogP contribution in [0, 0.1) is 6.92 Å². The molecule has 0 fully saturated rings. The number of thioether (sulfide) groups is 2. The summed E-state index contributed by atoms with van der Waals surface area (Å²) in [7, 11) is 0. The Balaban J connectivity index is 1.63. The van der Waals surface area contributed by atoms with Gasteiger partial charge in [-0.15, -0.1) is 10.2 Å². The van der Waals surface area contributed by atoms with Gasteiger partial charge in [0.05, 0.1) is 0 Å². The van der Waals surface area contributed by atoms with Gasteiger partial charge in [-0.2, -0.15) is 0 Å².